The molecule has 0 atom stereocenters. The van der Waals surface area contributed by atoms with E-state index in [0.717, 1.165) is 25.8 Å². The van der Waals surface area contributed by atoms with Gasteiger partial charge in [0.05, 0.1) is 4.92 Å². The zero-order chi connectivity index (χ0) is 16.0. The number of hydrogen-bond donors (Lipinski definition) is 0. The monoisotopic (exact) mass is 292 g/mol. The van der Waals surface area contributed by atoms with Gasteiger partial charge in [-0.05, 0) is 39.3 Å². The van der Waals surface area contributed by atoms with Crippen LogP contribution in [0, 0.1) is 10.1 Å². The van der Waals surface area contributed by atoms with E-state index in [4.69, 9.17) is 0 Å². The van der Waals surface area contributed by atoms with E-state index in [1.807, 2.05) is 18.7 Å². The standard InChI is InChI=1S/C16H24N2O3/c1-5-6-7-10-17(12(2)3)15-9-8-14(13(4)19)11-16(15)18(20)21/h8-9,11-12H,5-7,10H2,1-4H3. The van der Waals surface area contributed by atoms with Crippen molar-refractivity contribution in [3.63, 3.8) is 0 Å². The molecule has 0 unspecified atom stereocenters. The first-order valence-corrected chi connectivity index (χ1v) is 7.44. The molecule has 1 rings (SSSR count). The molecule has 0 heterocycles. The van der Waals surface area contributed by atoms with E-state index in [2.05, 4.69) is 6.92 Å². The summed E-state index contributed by atoms with van der Waals surface area (Å²) in [5, 5.41) is 11.3. The van der Waals surface area contributed by atoms with Crippen LogP contribution in [0.2, 0.25) is 0 Å². The van der Waals surface area contributed by atoms with E-state index < -0.39 is 4.92 Å². The van der Waals surface area contributed by atoms with Gasteiger partial charge < -0.3 is 4.90 Å². The minimum atomic E-state index is -0.406. The van der Waals surface area contributed by atoms with Crippen molar-refractivity contribution in [2.24, 2.45) is 0 Å². The van der Waals surface area contributed by atoms with Gasteiger partial charge in [-0.1, -0.05) is 19.8 Å². The lowest BCUT2D eigenvalue weighted by atomic mass is 10.1. The third kappa shape index (κ3) is 4.55. The van der Waals surface area contributed by atoms with Crippen LogP contribution in [-0.4, -0.2) is 23.3 Å². The summed E-state index contributed by atoms with van der Waals surface area (Å²) in [5.41, 5.74) is 0.978. The lowest BCUT2D eigenvalue weighted by Gasteiger charge is -2.28. The van der Waals surface area contributed by atoms with Gasteiger partial charge >= 0.3 is 0 Å². The van der Waals surface area contributed by atoms with Gasteiger partial charge in [-0.15, -0.1) is 0 Å². The van der Waals surface area contributed by atoms with Gasteiger partial charge in [0.1, 0.15) is 5.69 Å². The Morgan fingerprint density at radius 2 is 2.00 bits per heavy atom. The highest BCUT2D eigenvalue weighted by atomic mass is 16.6. The molecule has 0 aromatic heterocycles. The summed E-state index contributed by atoms with van der Waals surface area (Å²) >= 11 is 0. The summed E-state index contributed by atoms with van der Waals surface area (Å²) in [7, 11) is 0. The maximum absolute atomic E-state index is 11.4. The summed E-state index contributed by atoms with van der Waals surface area (Å²) in [6.07, 6.45) is 3.21. The molecule has 5 nitrogen and oxygen atoms in total. The highest BCUT2D eigenvalue weighted by molar-refractivity contribution is 5.95. The fourth-order valence-corrected chi connectivity index (χ4v) is 2.32. The second kappa shape index (κ2) is 7.76. The predicted octanol–water partition coefficient (Wildman–Crippen LogP) is 4.20. The van der Waals surface area contributed by atoms with E-state index in [9.17, 15) is 14.9 Å². The molecular weight excluding hydrogens is 268 g/mol. The molecule has 21 heavy (non-hydrogen) atoms. The Hall–Kier alpha value is -1.91. The fraction of sp³-hybridized carbons (Fsp3) is 0.562. The second-order valence-electron chi connectivity index (χ2n) is 5.51. The minimum Gasteiger partial charge on any atom is -0.364 e. The van der Waals surface area contributed by atoms with Gasteiger partial charge in [0.25, 0.3) is 5.69 Å². The Kier molecular flexibility index (Phi) is 6.34. The van der Waals surface area contributed by atoms with Crippen molar-refractivity contribution in [1.29, 1.82) is 0 Å². The van der Waals surface area contributed by atoms with Crippen LogP contribution in [0.25, 0.3) is 0 Å². The maximum atomic E-state index is 11.4. The SMILES string of the molecule is CCCCCN(c1ccc(C(C)=O)cc1[N+](=O)[O-])C(C)C. The van der Waals surface area contributed by atoms with Crippen LogP contribution in [0.3, 0.4) is 0 Å². The van der Waals surface area contributed by atoms with Crippen molar-refractivity contribution in [3.8, 4) is 0 Å². The smallest absolute Gasteiger partial charge is 0.293 e. The Morgan fingerprint density at radius 1 is 1.33 bits per heavy atom. The largest absolute Gasteiger partial charge is 0.364 e. The molecule has 0 amide bonds. The van der Waals surface area contributed by atoms with Gasteiger partial charge in [0, 0.05) is 24.2 Å². The van der Waals surface area contributed by atoms with Crippen LogP contribution in [0.15, 0.2) is 18.2 Å². The zero-order valence-corrected chi connectivity index (χ0v) is 13.3. The first kappa shape index (κ1) is 17.1. The maximum Gasteiger partial charge on any atom is 0.293 e. The number of nitrogens with zero attached hydrogens (tertiary/aromatic N) is 2. The molecule has 0 spiro atoms. The molecule has 0 radical (unpaired) electrons. The summed E-state index contributed by atoms with van der Waals surface area (Å²) in [6, 6.07) is 4.91. The van der Waals surface area contributed by atoms with Gasteiger partial charge in [-0.25, -0.2) is 0 Å². The second-order valence-corrected chi connectivity index (χ2v) is 5.51. The van der Waals surface area contributed by atoms with Gasteiger partial charge in [-0.2, -0.15) is 0 Å². The average molecular weight is 292 g/mol. The summed E-state index contributed by atoms with van der Waals surface area (Å²) in [6.45, 7) is 8.37. The molecule has 116 valence electrons. The highest BCUT2D eigenvalue weighted by Crippen LogP contribution is 2.31. The summed E-state index contributed by atoms with van der Waals surface area (Å²) < 4.78 is 0. The third-order valence-electron chi connectivity index (χ3n) is 3.51. The predicted molar refractivity (Wildman–Crippen MR) is 85.1 cm³/mol. The Balaban J connectivity index is 3.17. The van der Waals surface area contributed by atoms with Crippen LogP contribution >= 0.6 is 0 Å². The molecule has 1 aromatic rings. The van der Waals surface area contributed by atoms with E-state index in [-0.39, 0.29) is 17.5 Å². The number of nitro benzene ring substituents is 1. The number of benzene rings is 1. The first-order valence-electron chi connectivity index (χ1n) is 7.44. The first-order chi connectivity index (χ1) is 9.88. The Labute approximate surface area is 126 Å². The normalized spacial score (nSPS) is 10.7. The molecule has 0 fully saturated rings. The van der Waals surface area contributed by atoms with E-state index >= 15 is 0 Å². The van der Waals surface area contributed by atoms with E-state index in [1.54, 1.807) is 12.1 Å². The highest BCUT2D eigenvalue weighted by Gasteiger charge is 2.22. The number of Topliss-reactive ketones (excluding diaryl/α,β-unsaturated/α-hetero) is 1. The summed E-state index contributed by atoms with van der Waals surface area (Å²) in [5.74, 6) is -0.160. The van der Waals surface area contributed by atoms with Crippen LogP contribution < -0.4 is 4.90 Å². The molecule has 0 bridgehead atoms. The third-order valence-corrected chi connectivity index (χ3v) is 3.51. The number of anilines is 1. The van der Waals surface area contributed by atoms with Gasteiger partial charge in [0.2, 0.25) is 0 Å². The molecule has 0 aliphatic heterocycles. The van der Waals surface area contributed by atoms with E-state index in [1.165, 1.54) is 13.0 Å². The van der Waals surface area contributed by atoms with Crippen LogP contribution in [0.4, 0.5) is 11.4 Å². The Morgan fingerprint density at radius 3 is 2.48 bits per heavy atom. The molecule has 0 saturated carbocycles. The van der Waals surface area contributed by atoms with Crippen molar-refractivity contribution in [2.75, 3.05) is 11.4 Å². The number of nitro groups is 1. The van der Waals surface area contributed by atoms with Crippen molar-refractivity contribution < 1.29 is 9.72 Å². The average Bonchev–Trinajstić information content (AvgIpc) is 2.42. The van der Waals surface area contributed by atoms with Crippen LogP contribution in [0.1, 0.15) is 57.3 Å². The quantitative estimate of drug-likeness (QED) is 0.312. The minimum absolute atomic E-state index is 0.00731. The van der Waals surface area contributed by atoms with Gasteiger partial charge in [0.15, 0.2) is 5.78 Å². The zero-order valence-electron chi connectivity index (χ0n) is 13.3. The number of carbonyl (C=O) groups is 1. The van der Waals surface area contributed by atoms with Crippen molar-refractivity contribution in [2.45, 2.75) is 53.0 Å². The summed E-state index contributed by atoms with van der Waals surface area (Å²) in [4.78, 5) is 24.4. The van der Waals surface area contributed by atoms with Crippen LogP contribution in [-0.2, 0) is 0 Å². The Bertz CT molecular complexity index is 512. The molecule has 0 aliphatic rings. The molecular formula is C16H24N2O3. The lowest BCUT2D eigenvalue weighted by molar-refractivity contribution is -0.384. The number of ketones is 1. The molecule has 0 N–H and O–H groups in total. The van der Waals surface area contributed by atoms with Crippen molar-refractivity contribution >= 4 is 17.2 Å². The van der Waals surface area contributed by atoms with Crippen molar-refractivity contribution in [3.05, 3.63) is 33.9 Å². The van der Waals surface area contributed by atoms with Crippen molar-refractivity contribution in [1.82, 2.24) is 0 Å². The van der Waals surface area contributed by atoms with E-state index in [0.29, 0.717) is 11.3 Å². The molecule has 1 aromatic carbocycles. The molecule has 5 heteroatoms. The molecule has 0 saturated heterocycles. The van der Waals surface area contributed by atoms with Crippen LogP contribution in [0.5, 0.6) is 0 Å². The number of rotatable bonds is 8. The fourth-order valence-electron chi connectivity index (χ4n) is 2.32. The topological polar surface area (TPSA) is 63.5 Å². The molecule has 0 aliphatic carbocycles. The number of hydrogen-bond acceptors (Lipinski definition) is 4. The van der Waals surface area contributed by atoms with Gasteiger partial charge in [-0.3, -0.25) is 14.9 Å². The lowest BCUT2D eigenvalue weighted by Crippen LogP contribution is -2.32. The number of carbonyl (C=O) groups excluding carboxylic acids is 1. The number of unbranched alkanes of at least 4 members (excludes halogenated alkanes) is 2.